The predicted octanol–water partition coefficient (Wildman–Crippen LogP) is 2.12. The Morgan fingerprint density at radius 2 is 2.06 bits per heavy atom. The summed E-state index contributed by atoms with van der Waals surface area (Å²) in [6, 6.07) is 0. The number of piperidine rings is 1. The zero-order valence-corrected chi connectivity index (χ0v) is 12.2. The van der Waals surface area contributed by atoms with Gasteiger partial charge in [-0.05, 0) is 57.2 Å². The molecule has 1 atom stereocenters. The fourth-order valence-electron chi connectivity index (χ4n) is 3.19. The van der Waals surface area contributed by atoms with Crippen LogP contribution in [0.1, 0.15) is 39.5 Å². The molecule has 0 spiro atoms. The molecule has 0 amide bonds. The van der Waals surface area contributed by atoms with Gasteiger partial charge in [0, 0.05) is 13.1 Å². The Hall–Kier alpha value is -0.120. The number of nitrogens with zero attached hydrogens (tertiary/aromatic N) is 1. The zero-order valence-electron chi connectivity index (χ0n) is 12.2. The van der Waals surface area contributed by atoms with Crippen molar-refractivity contribution in [1.82, 2.24) is 10.2 Å². The minimum Gasteiger partial charge on any atom is -0.376 e. The summed E-state index contributed by atoms with van der Waals surface area (Å²) in [7, 11) is 0. The Bertz CT molecular complexity index is 227. The molecule has 2 saturated heterocycles. The van der Waals surface area contributed by atoms with Crippen LogP contribution in [0.3, 0.4) is 0 Å². The van der Waals surface area contributed by atoms with Gasteiger partial charge < -0.3 is 10.1 Å². The number of hydrogen-bond acceptors (Lipinski definition) is 3. The summed E-state index contributed by atoms with van der Waals surface area (Å²) in [6.45, 7) is 11.5. The van der Waals surface area contributed by atoms with Crippen molar-refractivity contribution in [3.05, 3.63) is 0 Å². The van der Waals surface area contributed by atoms with E-state index in [4.69, 9.17) is 4.74 Å². The van der Waals surface area contributed by atoms with Gasteiger partial charge in [0.25, 0.3) is 0 Å². The van der Waals surface area contributed by atoms with Crippen molar-refractivity contribution in [2.24, 2.45) is 11.8 Å². The van der Waals surface area contributed by atoms with Gasteiger partial charge in [0.2, 0.25) is 0 Å². The lowest BCUT2D eigenvalue weighted by atomic mass is 9.94. The lowest BCUT2D eigenvalue weighted by Crippen LogP contribution is -2.44. The molecule has 1 unspecified atom stereocenters. The number of morpholine rings is 1. The molecule has 0 aromatic carbocycles. The first kappa shape index (κ1) is 14.3. The summed E-state index contributed by atoms with van der Waals surface area (Å²) >= 11 is 0. The van der Waals surface area contributed by atoms with Gasteiger partial charge in [0.1, 0.15) is 0 Å². The van der Waals surface area contributed by atoms with E-state index in [1.807, 2.05) is 0 Å². The minimum absolute atomic E-state index is 0.478. The van der Waals surface area contributed by atoms with E-state index in [9.17, 15) is 0 Å². The van der Waals surface area contributed by atoms with Crippen LogP contribution in [0.25, 0.3) is 0 Å². The topological polar surface area (TPSA) is 24.5 Å². The molecule has 2 heterocycles. The van der Waals surface area contributed by atoms with Crippen molar-refractivity contribution in [3.63, 3.8) is 0 Å². The van der Waals surface area contributed by atoms with Crippen molar-refractivity contribution in [1.29, 1.82) is 0 Å². The SMILES string of the molecule is CC(C)CC1CN(CCC2CCNCC2)CCO1. The van der Waals surface area contributed by atoms with E-state index in [0.29, 0.717) is 6.10 Å². The Labute approximate surface area is 112 Å². The highest BCUT2D eigenvalue weighted by atomic mass is 16.5. The van der Waals surface area contributed by atoms with E-state index in [0.717, 1.165) is 31.5 Å². The number of hydrogen-bond donors (Lipinski definition) is 1. The second-order valence-corrected chi connectivity index (χ2v) is 6.41. The number of nitrogens with one attached hydrogen (secondary N) is 1. The second kappa shape index (κ2) is 7.46. The molecule has 106 valence electrons. The van der Waals surface area contributed by atoms with Crippen LogP contribution in [0, 0.1) is 11.8 Å². The van der Waals surface area contributed by atoms with E-state index < -0.39 is 0 Å². The second-order valence-electron chi connectivity index (χ2n) is 6.41. The number of rotatable bonds is 5. The fourth-order valence-corrected chi connectivity index (χ4v) is 3.19. The molecule has 0 bridgehead atoms. The lowest BCUT2D eigenvalue weighted by Gasteiger charge is -2.35. The first-order valence-electron chi connectivity index (χ1n) is 7.78. The van der Waals surface area contributed by atoms with Gasteiger partial charge in [-0.2, -0.15) is 0 Å². The van der Waals surface area contributed by atoms with E-state index in [2.05, 4.69) is 24.1 Å². The predicted molar refractivity (Wildman–Crippen MR) is 75.8 cm³/mol. The van der Waals surface area contributed by atoms with E-state index >= 15 is 0 Å². The molecular formula is C15H30N2O. The van der Waals surface area contributed by atoms with Gasteiger partial charge in [-0.3, -0.25) is 4.90 Å². The molecule has 3 nitrogen and oxygen atoms in total. The summed E-state index contributed by atoms with van der Waals surface area (Å²) in [5.74, 6) is 1.71. The average molecular weight is 254 g/mol. The van der Waals surface area contributed by atoms with Crippen LogP contribution in [0.15, 0.2) is 0 Å². The highest BCUT2D eigenvalue weighted by molar-refractivity contribution is 4.75. The third-order valence-corrected chi connectivity index (χ3v) is 4.27. The quantitative estimate of drug-likeness (QED) is 0.813. The average Bonchev–Trinajstić information content (AvgIpc) is 2.37. The smallest absolute Gasteiger partial charge is 0.0705 e. The van der Waals surface area contributed by atoms with Gasteiger partial charge >= 0.3 is 0 Å². The van der Waals surface area contributed by atoms with Crippen LogP contribution < -0.4 is 5.32 Å². The zero-order chi connectivity index (χ0) is 12.8. The van der Waals surface area contributed by atoms with Crippen molar-refractivity contribution in [3.8, 4) is 0 Å². The molecule has 3 heteroatoms. The van der Waals surface area contributed by atoms with Crippen molar-refractivity contribution in [2.45, 2.75) is 45.6 Å². The van der Waals surface area contributed by atoms with Crippen LogP contribution in [-0.4, -0.2) is 50.3 Å². The highest BCUT2D eigenvalue weighted by Gasteiger charge is 2.22. The Morgan fingerprint density at radius 3 is 2.78 bits per heavy atom. The molecular weight excluding hydrogens is 224 g/mol. The Kier molecular flexibility index (Phi) is 5.93. The van der Waals surface area contributed by atoms with Gasteiger partial charge in [0.05, 0.1) is 12.7 Å². The van der Waals surface area contributed by atoms with Crippen molar-refractivity contribution >= 4 is 0 Å². The summed E-state index contributed by atoms with van der Waals surface area (Å²) in [6.07, 6.45) is 5.83. The Balaban J connectivity index is 1.65. The molecule has 1 N–H and O–H groups in total. The molecule has 0 aromatic rings. The van der Waals surface area contributed by atoms with Crippen molar-refractivity contribution < 1.29 is 4.74 Å². The molecule has 0 radical (unpaired) electrons. The maximum absolute atomic E-state index is 5.86. The third-order valence-electron chi connectivity index (χ3n) is 4.27. The van der Waals surface area contributed by atoms with E-state index in [-0.39, 0.29) is 0 Å². The molecule has 0 aromatic heterocycles. The van der Waals surface area contributed by atoms with Crippen LogP contribution in [-0.2, 0) is 4.74 Å². The molecule has 0 aliphatic carbocycles. The molecule has 2 aliphatic rings. The van der Waals surface area contributed by atoms with E-state index in [1.54, 1.807) is 0 Å². The maximum Gasteiger partial charge on any atom is 0.0705 e. The highest BCUT2D eigenvalue weighted by Crippen LogP contribution is 2.18. The fraction of sp³-hybridized carbons (Fsp3) is 1.00. The van der Waals surface area contributed by atoms with Crippen LogP contribution in [0.5, 0.6) is 0 Å². The number of ether oxygens (including phenoxy) is 1. The van der Waals surface area contributed by atoms with Gasteiger partial charge in [0.15, 0.2) is 0 Å². The Morgan fingerprint density at radius 1 is 1.28 bits per heavy atom. The van der Waals surface area contributed by atoms with E-state index in [1.165, 1.54) is 45.3 Å². The van der Waals surface area contributed by atoms with Gasteiger partial charge in [-0.1, -0.05) is 13.8 Å². The summed E-state index contributed by atoms with van der Waals surface area (Å²) in [5, 5.41) is 3.45. The standard InChI is InChI=1S/C15H30N2O/c1-13(2)11-15-12-17(9-10-18-15)8-5-14-3-6-16-7-4-14/h13-16H,3-12H2,1-2H3. The summed E-state index contributed by atoms with van der Waals surface area (Å²) in [4.78, 5) is 2.62. The molecule has 0 saturated carbocycles. The largest absolute Gasteiger partial charge is 0.376 e. The minimum atomic E-state index is 0.478. The third kappa shape index (κ3) is 4.87. The summed E-state index contributed by atoms with van der Waals surface area (Å²) < 4.78 is 5.86. The van der Waals surface area contributed by atoms with Gasteiger partial charge in [-0.15, -0.1) is 0 Å². The molecule has 2 aliphatic heterocycles. The molecule has 18 heavy (non-hydrogen) atoms. The van der Waals surface area contributed by atoms with Crippen LogP contribution in [0.4, 0.5) is 0 Å². The first-order valence-corrected chi connectivity index (χ1v) is 7.78. The maximum atomic E-state index is 5.86. The molecule has 2 rings (SSSR count). The monoisotopic (exact) mass is 254 g/mol. The summed E-state index contributed by atoms with van der Waals surface area (Å²) in [5.41, 5.74) is 0. The van der Waals surface area contributed by atoms with Crippen LogP contribution in [0.2, 0.25) is 0 Å². The van der Waals surface area contributed by atoms with Gasteiger partial charge in [-0.25, -0.2) is 0 Å². The van der Waals surface area contributed by atoms with Crippen LogP contribution >= 0.6 is 0 Å². The molecule has 2 fully saturated rings. The first-order chi connectivity index (χ1) is 8.74. The van der Waals surface area contributed by atoms with Crippen molar-refractivity contribution in [2.75, 3.05) is 39.3 Å². The lowest BCUT2D eigenvalue weighted by molar-refractivity contribution is -0.0387. The normalized spacial score (nSPS) is 27.8.